The van der Waals surface area contributed by atoms with E-state index in [9.17, 15) is 9.59 Å². The van der Waals surface area contributed by atoms with E-state index in [0.717, 1.165) is 0 Å². The van der Waals surface area contributed by atoms with Crippen LogP contribution >= 0.6 is 0 Å². The molecule has 1 fully saturated rings. The van der Waals surface area contributed by atoms with Crippen LogP contribution in [0.25, 0.3) is 5.52 Å². The van der Waals surface area contributed by atoms with E-state index in [1.165, 1.54) is 4.90 Å². The van der Waals surface area contributed by atoms with Crippen molar-refractivity contribution in [3.63, 3.8) is 0 Å². The first kappa shape index (κ1) is 16.1. The Hall–Kier alpha value is -2.77. The van der Waals surface area contributed by atoms with Gasteiger partial charge in [0.25, 0.3) is 5.91 Å². The summed E-state index contributed by atoms with van der Waals surface area (Å²) < 4.78 is 12.3. The fourth-order valence-electron chi connectivity index (χ4n) is 2.76. The second kappa shape index (κ2) is 6.38. The van der Waals surface area contributed by atoms with Crippen LogP contribution in [0.2, 0.25) is 0 Å². The highest BCUT2D eigenvalue weighted by Crippen LogP contribution is 2.25. The zero-order valence-corrected chi connectivity index (χ0v) is 13.9. The first-order valence-electron chi connectivity index (χ1n) is 7.69. The van der Waals surface area contributed by atoms with Crippen molar-refractivity contribution in [1.29, 1.82) is 0 Å². The Morgan fingerprint density at radius 2 is 2.17 bits per heavy atom. The van der Waals surface area contributed by atoms with Gasteiger partial charge in [-0.2, -0.15) is 5.10 Å². The van der Waals surface area contributed by atoms with Crippen molar-refractivity contribution in [2.45, 2.75) is 12.5 Å². The maximum absolute atomic E-state index is 12.8. The Morgan fingerprint density at radius 3 is 2.88 bits per heavy atom. The van der Waals surface area contributed by atoms with Crippen LogP contribution in [0.3, 0.4) is 0 Å². The van der Waals surface area contributed by atoms with Gasteiger partial charge >= 0.3 is 6.09 Å². The van der Waals surface area contributed by atoms with Crippen LogP contribution in [-0.2, 0) is 4.74 Å². The maximum atomic E-state index is 12.8. The number of amides is 2. The lowest BCUT2D eigenvalue weighted by molar-refractivity contribution is 0.0666. The number of rotatable bonds is 3. The molecule has 0 aromatic carbocycles. The van der Waals surface area contributed by atoms with Crippen LogP contribution in [0, 0.1) is 0 Å². The number of hydrogen-bond acceptors (Lipinski definition) is 5. The van der Waals surface area contributed by atoms with Crippen molar-refractivity contribution in [1.82, 2.24) is 19.4 Å². The van der Waals surface area contributed by atoms with Gasteiger partial charge in [0.1, 0.15) is 17.4 Å². The standard InChI is InChI=1S/C16H20N4O4/c1-18(2)16(22)24-11-6-8-19(10-11)15(21)12-9-17-20-7-4-5-13(23-3)14(12)20/h4-5,7,9,11H,6,8,10H2,1-3H3. The van der Waals surface area contributed by atoms with Gasteiger partial charge in [-0.25, -0.2) is 9.31 Å². The molecule has 0 bridgehead atoms. The number of fused-ring (bicyclic) bond motifs is 1. The summed E-state index contributed by atoms with van der Waals surface area (Å²) in [5.74, 6) is 0.450. The molecule has 1 unspecified atom stereocenters. The predicted molar refractivity (Wildman–Crippen MR) is 86.2 cm³/mol. The van der Waals surface area contributed by atoms with Crippen molar-refractivity contribution < 1.29 is 19.1 Å². The Kier molecular flexibility index (Phi) is 4.28. The summed E-state index contributed by atoms with van der Waals surface area (Å²) in [5, 5.41) is 4.21. The predicted octanol–water partition coefficient (Wildman–Crippen LogP) is 1.26. The van der Waals surface area contributed by atoms with Crippen molar-refractivity contribution in [2.24, 2.45) is 0 Å². The lowest BCUT2D eigenvalue weighted by Gasteiger charge is -2.18. The highest BCUT2D eigenvalue weighted by Gasteiger charge is 2.31. The molecule has 2 aromatic rings. The summed E-state index contributed by atoms with van der Waals surface area (Å²) in [6, 6.07) is 3.60. The molecule has 2 aromatic heterocycles. The third kappa shape index (κ3) is 2.86. The molecule has 0 saturated carbocycles. The van der Waals surface area contributed by atoms with Crippen LogP contribution in [0.4, 0.5) is 4.79 Å². The molecule has 0 radical (unpaired) electrons. The van der Waals surface area contributed by atoms with Crippen molar-refractivity contribution >= 4 is 17.5 Å². The van der Waals surface area contributed by atoms with Gasteiger partial charge in [0, 0.05) is 33.3 Å². The van der Waals surface area contributed by atoms with Gasteiger partial charge < -0.3 is 19.3 Å². The molecule has 0 N–H and O–H groups in total. The number of carbonyl (C=O) groups excluding carboxylic acids is 2. The van der Waals surface area contributed by atoms with Gasteiger partial charge in [-0.15, -0.1) is 0 Å². The molecule has 0 aliphatic carbocycles. The fraction of sp³-hybridized carbons (Fsp3) is 0.438. The lowest BCUT2D eigenvalue weighted by Crippen LogP contribution is -2.32. The normalized spacial score (nSPS) is 17.1. The molecule has 3 rings (SSSR count). The Labute approximate surface area is 139 Å². The van der Waals surface area contributed by atoms with E-state index in [-0.39, 0.29) is 12.0 Å². The summed E-state index contributed by atoms with van der Waals surface area (Å²) in [6.45, 7) is 0.918. The van der Waals surface area contributed by atoms with Crippen LogP contribution in [0.15, 0.2) is 24.5 Å². The first-order chi connectivity index (χ1) is 11.5. The van der Waals surface area contributed by atoms with E-state index in [1.807, 2.05) is 0 Å². The van der Waals surface area contributed by atoms with E-state index in [2.05, 4.69) is 5.10 Å². The average molecular weight is 332 g/mol. The molecular formula is C16H20N4O4. The zero-order valence-electron chi connectivity index (χ0n) is 13.9. The van der Waals surface area contributed by atoms with Gasteiger partial charge in [0.2, 0.25) is 0 Å². The summed E-state index contributed by atoms with van der Waals surface area (Å²) in [4.78, 5) is 27.5. The average Bonchev–Trinajstić information content (AvgIpc) is 3.20. The molecule has 3 heterocycles. The molecule has 1 saturated heterocycles. The van der Waals surface area contributed by atoms with E-state index in [1.54, 1.807) is 55.1 Å². The summed E-state index contributed by atoms with van der Waals surface area (Å²) in [7, 11) is 4.82. The Balaban J connectivity index is 1.77. The van der Waals surface area contributed by atoms with Crippen molar-refractivity contribution in [3.05, 3.63) is 30.1 Å². The Morgan fingerprint density at radius 1 is 1.38 bits per heavy atom. The second-order valence-electron chi connectivity index (χ2n) is 5.87. The van der Waals surface area contributed by atoms with Gasteiger partial charge in [-0.1, -0.05) is 0 Å². The zero-order chi connectivity index (χ0) is 17.3. The molecule has 1 atom stereocenters. The number of aromatic nitrogens is 2. The topological polar surface area (TPSA) is 76.4 Å². The summed E-state index contributed by atoms with van der Waals surface area (Å²) >= 11 is 0. The minimum absolute atomic E-state index is 0.141. The molecule has 1 aliphatic heterocycles. The fourth-order valence-corrected chi connectivity index (χ4v) is 2.76. The van der Waals surface area contributed by atoms with Crippen LogP contribution in [0.1, 0.15) is 16.8 Å². The lowest BCUT2D eigenvalue weighted by atomic mass is 10.2. The molecule has 8 heteroatoms. The molecule has 24 heavy (non-hydrogen) atoms. The van der Waals surface area contributed by atoms with E-state index < -0.39 is 6.09 Å². The molecule has 1 aliphatic rings. The van der Waals surface area contributed by atoms with E-state index >= 15 is 0 Å². The highest BCUT2D eigenvalue weighted by molar-refractivity contribution is 6.02. The smallest absolute Gasteiger partial charge is 0.409 e. The molecule has 128 valence electrons. The number of carbonyl (C=O) groups is 2. The van der Waals surface area contributed by atoms with Gasteiger partial charge in [0.05, 0.1) is 25.4 Å². The third-order valence-corrected chi connectivity index (χ3v) is 4.02. The number of ether oxygens (including phenoxy) is 2. The number of likely N-dealkylation sites (tertiary alicyclic amines) is 1. The first-order valence-corrected chi connectivity index (χ1v) is 7.69. The minimum Gasteiger partial charge on any atom is -0.494 e. The number of nitrogens with zero attached hydrogens (tertiary/aromatic N) is 4. The Bertz CT molecular complexity index is 771. The SMILES string of the molecule is COc1cccn2ncc(C(=O)N3CCC(OC(=O)N(C)C)C3)c12. The molecule has 2 amide bonds. The molecular weight excluding hydrogens is 312 g/mol. The highest BCUT2D eigenvalue weighted by atomic mass is 16.6. The summed E-state index contributed by atoms with van der Waals surface area (Å²) in [6.07, 6.45) is 3.25. The third-order valence-electron chi connectivity index (χ3n) is 4.02. The van der Waals surface area contributed by atoms with Crippen LogP contribution in [0.5, 0.6) is 5.75 Å². The number of hydrogen-bond donors (Lipinski definition) is 0. The number of pyridine rings is 1. The van der Waals surface area contributed by atoms with Crippen molar-refractivity contribution in [3.8, 4) is 5.75 Å². The summed E-state index contributed by atoms with van der Waals surface area (Å²) in [5.41, 5.74) is 1.12. The van der Waals surface area contributed by atoms with E-state index in [0.29, 0.717) is 36.3 Å². The second-order valence-corrected chi connectivity index (χ2v) is 5.87. The molecule has 8 nitrogen and oxygen atoms in total. The largest absolute Gasteiger partial charge is 0.494 e. The molecule has 0 spiro atoms. The van der Waals surface area contributed by atoms with Crippen LogP contribution < -0.4 is 4.74 Å². The van der Waals surface area contributed by atoms with E-state index in [4.69, 9.17) is 9.47 Å². The van der Waals surface area contributed by atoms with Gasteiger partial charge in [-0.3, -0.25) is 4.79 Å². The van der Waals surface area contributed by atoms with Crippen LogP contribution in [-0.4, -0.2) is 71.8 Å². The maximum Gasteiger partial charge on any atom is 0.409 e. The van der Waals surface area contributed by atoms with Crippen molar-refractivity contribution in [2.75, 3.05) is 34.3 Å². The minimum atomic E-state index is -0.396. The number of methoxy groups -OCH3 is 1. The quantitative estimate of drug-likeness (QED) is 0.846. The van der Waals surface area contributed by atoms with Gasteiger partial charge in [0.15, 0.2) is 0 Å². The monoisotopic (exact) mass is 332 g/mol. The van der Waals surface area contributed by atoms with Gasteiger partial charge in [-0.05, 0) is 12.1 Å².